The van der Waals surface area contributed by atoms with Crippen molar-refractivity contribution in [1.82, 2.24) is 4.98 Å². The van der Waals surface area contributed by atoms with E-state index in [1.807, 2.05) is 17.5 Å². The van der Waals surface area contributed by atoms with Gasteiger partial charge in [0.1, 0.15) is 0 Å². The lowest BCUT2D eigenvalue weighted by Gasteiger charge is -1.97. The lowest BCUT2D eigenvalue weighted by atomic mass is 10.1. The SMILES string of the molecule is N#Cc1ccc(-c2csc(N/N=C/c3ccc([N+](=O)[O-])cc3)n2)cc1. The first kappa shape index (κ1) is 16.3. The molecule has 3 aromatic rings. The van der Waals surface area contributed by atoms with Crippen LogP contribution in [0.3, 0.4) is 0 Å². The van der Waals surface area contributed by atoms with Crippen molar-refractivity contribution >= 4 is 28.4 Å². The van der Waals surface area contributed by atoms with E-state index in [1.165, 1.54) is 23.5 Å². The van der Waals surface area contributed by atoms with E-state index in [0.29, 0.717) is 10.7 Å². The van der Waals surface area contributed by atoms with Gasteiger partial charge in [-0.1, -0.05) is 12.1 Å². The van der Waals surface area contributed by atoms with Crippen molar-refractivity contribution in [3.8, 4) is 17.3 Å². The van der Waals surface area contributed by atoms with Gasteiger partial charge in [0.05, 0.1) is 28.5 Å². The van der Waals surface area contributed by atoms with Gasteiger partial charge in [-0.15, -0.1) is 11.3 Å². The van der Waals surface area contributed by atoms with Gasteiger partial charge in [-0.05, 0) is 29.8 Å². The van der Waals surface area contributed by atoms with Crippen molar-refractivity contribution in [1.29, 1.82) is 5.26 Å². The topological polar surface area (TPSA) is 104 Å². The van der Waals surface area contributed by atoms with Crippen LogP contribution >= 0.6 is 11.3 Å². The number of benzene rings is 2. The number of aromatic nitrogens is 1. The van der Waals surface area contributed by atoms with E-state index in [2.05, 4.69) is 21.6 Å². The first-order valence-corrected chi connectivity index (χ1v) is 8.03. The van der Waals surface area contributed by atoms with Crippen LogP contribution in [0.2, 0.25) is 0 Å². The van der Waals surface area contributed by atoms with E-state index < -0.39 is 4.92 Å². The summed E-state index contributed by atoms with van der Waals surface area (Å²) in [5, 5.41) is 26.0. The van der Waals surface area contributed by atoms with Gasteiger partial charge in [-0.3, -0.25) is 15.5 Å². The number of nitro benzene ring substituents is 1. The Morgan fingerprint density at radius 1 is 1.20 bits per heavy atom. The Morgan fingerprint density at radius 2 is 1.92 bits per heavy atom. The van der Waals surface area contributed by atoms with Crippen LogP contribution < -0.4 is 5.43 Å². The summed E-state index contributed by atoms with van der Waals surface area (Å²) in [6, 6.07) is 15.3. The molecule has 0 aliphatic rings. The van der Waals surface area contributed by atoms with E-state index in [0.717, 1.165) is 16.8 Å². The Labute approximate surface area is 147 Å². The van der Waals surface area contributed by atoms with Crippen LogP contribution in [0.5, 0.6) is 0 Å². The summed E-state index contributed by atoms with van der Waals surface area (Å²) in [4.78, 5) is 14.6. The number of nitro groups is 1. The Hall–Kier alpha value is -3.57. The van der Waals surface area contributed by atoms with E-state index >= 15 is 0 Å². The van der Waals surface area contributed by atoms with Gasteiger partial charge < -0.3 is 0 Å². The highest BCUT2D eigenvalue weighted by atomic mass is 32.1. The second-order valence-corrected chi connectivity index (χ2v) is 5.80. The molecule has 0 bridgehead atoms. The molecule has 1 aromatic heterocycles. The third kappa shape index (κ3) is 4.04. The van der Waals surface area contributed by atoms with Crippen molar-refractivity contribution in [2.24, 2.45) is 5.10 Å². The Kier molecular flexibility index (Phi) is 4.78. The molecule has 2 aromatic carbocycles. The number of hydrazone groups is 1. The summed E-state index contributed by atoms with van der Waals surface area (Å²) < 4.78 is 0. The fourth-order valence-electron chi connectivity index (χ4n) is 2.02. The minimum absolute atomic E-state index is 0.0390. The molecule has 25 heavy (non-hydrogen) atoms. The molecule has 0 saturated carbocycles. The molecule has 0 radical (unpaired) electrons. The Bertz CT molecular complexity index is 956. The molecule has 0 aliphatic carbocycles. The molecule has 0 unspecified atom stereocenters. The van der Waals surface area contributed by atoms with Crippen molar-refractivity contribution in [2.45, 2.75) is 0 Å². The number of nitriles is 1. The number of anilines is 1. The second-order valence-electron chi connectivity index (χ2n) is 4.95. The number of non-ortho nitro benzene ring substituents is 1. The fourth-order valence-corrected chi connectivity index (χ4v) is 2.69. The Morgan fingerprint density at radius 3 is 2.56 bits per heavy atom. The second kappa shape index (κ2) is 7.33. The summed E-state index contributed by atoms with van der Waals surface area (Å²) in [6.07, 6.45) is 1.56. The van der Waals surface area contributed by atoms with Crippen LogP contribution in [0.15, 0.2) is 59.0 Å². The molecule has 1 heterocycles. The molecule has 0 atom stereocenters. The maximum atomic E-state index is 10.6. The molecule has 1 N–H and O–H groups in total. The number of hydrogen-bond donors (Lipinski definition) is 1. The minimum atomic E-state index is -0.445. The van der Waals surface area contributed by atoms with E-state index in [4.69, 9.17) is 5.26 Å². The maximum absolute atomic E-state index is 10.6. The zero-order valence-corrected chi connectivity index (χ0v) is 13.6. The summed E-state index contributed by atoms with van der Waals surface area (Å²) >= 11 is 1.41. The first-order chi connectivity index (χ1) is 12.2. The highest BCUT2D eigenvalue weighted by Gasteiger charge is 2.05. The van der Waals surface area contributed by atoms with E-state index in [1.54, 1.807) is 30.5 Å². The third-order valence-corrected chi connectivity index (χ3v) is 4.04. The molecule has 7 nitrogen and oxygen atoms in total. The fraction of sp³-hybridized carbons (Fsp3) is 0. The molecule has 122 valence electrons. The highest BCUT2D eigenvalue weighted by molar-refractivity contribution is 7.14. The average Bonchev–Trinajstić information content (AvgIpc) is 3.11. The number of thiazole rings is 1. The molecule has 0 aliphatic heterocycles. The average molecular weight is 349 g/mol. The predicted molar refractivity (Wildman–Crippen MR) is 96.6 cm³/mol. The van der Waals surface area contributed by atoms with E-state index in [9.17, 15) is 10.1 Å². The predicted octanol–water partition coefficient (Wildman–Crippen LogP) is 4.04. The Balaban J connectivity index is 1.65. The lowest BCUT2D eigenvalue weighted by molar-refractivity contribution is -0.384. The maximum Gasteiger partial charge on any atom is 0.269 e. The molecule has 0 spiro atoms. The van der Waals surface area contributed by atoms with Crippen molar-refractivity contribution in [3.63, 3.8) is 0 Å². The van der Waals surface area contributed by atoms with Crippen LogP contribution in [0.4, 0.5) is 10.8 Å². The molecular weight excluding hydrogens is 338 g/mol. The van der Waals surface area contributed by atoms with Crippen molar-refractivity contribution in [3.05, 3.63) is 75.2 Å². The summed E-state index contributed by atoms with van der Waals surface area (Å²) in [5.74, 6) is 0. The van der Waals surface area contributed by atoms with Crippen LogP contribution in [0.1, 0.15) is 11.1 Å². The third-order valence-electron chi connectivity index (χ3n) is 3.29. The van der Waals surface area contributed by atoms with Gasteiger partial charge in [0.2, 0.25) is 5.13 Å². The normalized spacial score (nSPS) is 10.5. The molecule has 0 amide bonds. The molecule has 3 rings (SSSR count). The van der Waals surface area contributed by atoms with Crippen LogP contribution in [-0.4, -0.2) is 16.1 Å². The highest BCUT2D eigenvalue weighted by Crippen LogP contribution is 2.25. The molecular formula is C17H11N5O2S. The largest absolute Gasteiger partial charge is 0.269 e. The van der Waals surface area contributed by atoms with Gasteiger partial charge in [-0.25, -0.2) is 4.98 Å². The molecule has 8 heteroatoms. The quantitative estimate of drug-likeness (QED) is 0.425. The van der Waals surface area contributed by atoms with E-state index in [-0.39, 0.29) is 5.69 Å². The zero-order valence-electron chi connectivity index (χ0n) is 12.8. The van der Waals surface area contributed by atoms with Crippen molar-refractivity contribution in [2.75, 3.05) is 5.43 Å². The zero-order chi connectivity index (χ0) is 17.6. The van der Waals surface area contributed by atoms with Gasteiger partial charge in [0, 0.05) is 23.1 Å². The minimum Gasteiger partial charge on any atom is -0.258 e. The van der Waals surface area contributed by atoms with Crippen LogP contribution in [0.25, 0.3) is 11.3 Å². The summed E-state index contributed by atoms with van der Waals surface area (Å²) in [5.41, 5.74) is 5.93. The van der Waals surface area contributed by atoms with Gasteiger partial charge in [-0.2, -0.15) is 10.4 Å². The lowest BCUT2D eigenvalue weighted by Crippen LogP contribution is -1.91. The number of nitrogens with zero attached hydrogens (tertiary/aromatic N) is 4. The van der Waals surface area contributed by atoms with Gasteiger partial charge in [0.25, 0.3) is 5.69 Å². The number of rotatable bonds is 5. The molecule has 0 saturated heterocycles. The summed E-state index contributed by atoms with van der Waals surface area (Å²) in [7, 11) is 0. The first-order valence-electron chi connectivity index (χ1n) is 7.15. The number of hydrogen-bond acceptors (Lipinski definition) is 7. The number of nitrogens with one attached hydrogen (secondary N) is 1. The van der Waals surface area contributed by atoms with Crippen molar-refractivity contribution < 1.29 is 4.92 Å². The monoisotopic (exact) mass is 349 g/mol. The van der Waals surface area contributed by atoms with Gasteiger partial charge >= 0.3 is 0 Å². The van der Waals surface area contributed by atoms with Crippen LogP contribution in [0, 0.1) is 21.4 Å². The molecule has 0 fully saturated rings. The smallest absolute Gasteiger partial charge is 0.258 e. The van der Waals surface area contributed by atoms with Gasteiger partial charge in [0.15, 0.2) is 0 Å². The standard InChI is InChI=1S/C17H11N5O2S/c18-9-12-1-5-14(6-2-12)16-11-25-17(20-16)21-19-10-13-3-7-15(8-4-13)22(23)24/h1-8,10-11H,(H,20,21)/b19-10+. The summed E-state index contributed by atoms with van der Waals surface area (Å²) in [6.45, 7) is 0. The van der Waals surface area contributed by atoms with Crippen LogP contribution in [-0.2, 0) is 0 Å².